The quantitative estimate of drug-likeness (QED) is 0.809. The van der Waals surface area contributed by atoms with Gasteiger partial charge in [0.25, 0.3) is 10.0 Å². The lowest BCUT2D eigenvalue weighted by Crippen LogP contribution is -2.13. The molecule has 0 bridgehead atoms. The molecule has 0 amide bonds. The molecule has 0 aliphatic heterocycles. The number of aromatic nitrogens is 2. The maximum absolute atomic E-state index is 12.1. The van der Waals surface area contributed by atoms with Crippen LogP contribution in [0.4, 0.5) is 10.7 Å². The number of nitrogens with two attached hydrogens (primary N) is 1. The van der Waals surface area contributed by atoms with Crippen LogP contribution in [-0.2, 0) is 10.0 Å². The van der Waals surface area contributed by atoms with E-state index in [0.29, 0.717) is 9.47 Å². The van der Waals surface area contributed by atoms with Crippen molar-refractivity contribution in [3.05, 3.63) is 27.8 Å². The number of benzene rings is 1. The summed E-state index contributed by atoms with van der Waals surface area (Å²) in [7, 11) is -3.82. The number of sulfonamides is 1. The Morgan fingerprint density at radius 1 is 1.44 bits per heavy atom. The van der Waals surface area contributed by atoms with E-state index in [9.17, 15) is 8.42 Å². The molecule has 0 aliphatic rings. The first-order valence-corrected chi connectivity index (χ1v) is 7.87. The van der Waals surface area contributed by atoms with Crippen molar-refractivity contribution in [3.63, 3.8) is 0 Å². The van der Waals surface area contributed by atoms with Crippen molar-refractivity contribution in [2.24, 2.45) is 0 Å². The number of halogens is 2. The van der Waals surface area contributed by atoms with Gasteiger partial charge in [0.15, 0.2) is 0 Å². The van der Waals surface area contributed by atoms with Crippen molar-refractivity contribution in [2.75, 3.05) is 10.5 Å². The third-order valence-electron chi connectivity index (χ3n) is 1.90. The van der Waals surface area contributed by atoms with Crippen molar-refractivity contribution < 1.29 is 8.42 Å². The minimum Gasteiger partial charge on any atom is -0.399 e. The second kappa shape index (κ2) is 5.00. The van der Waals surface area contributed by atoms with Crippen LogP contribution in [0.1, 0.15) is 0 Å². The molecule has 10 heteroatoms. The van der Waals surface area contributed by atoms with Crippen LogP contribution in [0.15, 0.2) is 27.7 Å². The second-order valence-electron chi connectivity index (χ2n) is 3.20. The molecule has 0 unspecified atom stereocenters. The van der Waals surface area contributed by atoms with Gasteiger partial charge in [-0.1, -0.05) is 16.1 Å². The molecule has 0 aliphatic carbocycles. The van der Waals surface area contributed by atoms with Crippen LogP contribution < -0.4 is 10.5 Å². The summed E-state index contributed by atoms with van der Waals surface area (Å²) in [6, 6.07) is 2.81. The molecule has 0 saturated heterocycles. The maximum Gasteiger partial charge on any atom is 0.264 e. The maximum atomic E-state index is 12.1. The SMILES string of the molecule is Nc1cc(Br)c(Cl)c(S(=O)(=O)Nc2cnns2)c1. The molecule has 96 valence electrons. The number of anilines is 2. The lowest BCUT2D eigenvalue weighted by Gasteiger charge is -2.09. The number of nitrogens with zero attached hydrogens (tertiary/aromatic N) is 2. The molecule has 0 spiro atoms. The van der Waals surface area contributed by atoms with E-state index in [2.05, 4.69) is 30.2 Å². The van der Waals surface area contributed by atoms with Gasteiger partial charge in [-0.25, -0.2) is 8.42 Å². The first-order valence-electron chi connectivity index (χ1n) is 4.45. The highest BCUT2D eigenvalue weighted by molar-refractivity contribution is 9.10. The standard InChI is InChI=1S/C8H6BrClN4O2S2/c9-5-1-4(11)2-6(8(5)10)18(15,16)13-7-3-12-14-17-7/h1-3,13H,11H2. The molecule has 6 nitrogen and oxygen atoms in total. The van der Waals surface area contributed by atoms with E-state index in [0.717, 1.165) is 11.5 Å². The van der Waals surface area contributed by atoms with E-state index in [4.69, 9.17) is 17.3 Å². The Kier molecular flexibility index (Phi) is 3.76. The third kappa shape index (κ3) is 2.74. The third-order valence-corrected chi connectivity index (χ3v) is 5.37. The van der Waals surface area contributed by atoms with Crippen molar-refractivity contribution in [2.45, 2.75) is 4.90 Å². The first kappa shape index (κ1) is 13.5. The average molecular weight is 370 g/mol. The molecule has 0 radical (unpaired) electrons. The molecule has 3 N–H and O–H groups in total. The van der Waals surface area contributed by atoms with E-state index in [1.807, 2.05) is 0 Å². The van der Waals surface area contributed by atoms with E-state index >= 15 is 0 Å². The molecule has 0 saturated carbocycles. The predicted octanol–water partition coefficient (Wildman–Crippen LogP) is 2.34. The van der Waals surface area contributed by atoms with Crippen LogP contribution >= 0.6 is 39.1 Å². The summed E-state index contributed by atoms with van der Waals surface area (Å²) in [6.45, 7) is 0. The van der Waals surface area contributed by atoms with Gasteiger partial charge >= 0.3 is 0 Å². The molecular weight excluding hydrogens is 364 g/mol. The van der Waals surface area contributed by atoms with Crippen LogP contribution in [0.3, 0.4) is 0 Å². The van der Waals surface area contributed by atoms with E-state index < -0.39 is 10.0 Å². The van der Waals surface area contributed by atoms with Crippen molar-refractivity contribution in [3.8, 4) is 0 Å². The van der Waals surface area contributed by atoms with Gasteiger partial charge < -0.3 is 5.73 Å². The molecule has 1 heterocycles. The molecule has 18 heavy (non-hydrogen) atoms. The Morgan fingerprint density at radius 3 is 2.78 bits per heavy atom. The van der Waals surface area contributed by atoms with Gasteiger partial charge in [0.1, 0.15) is 9.90 Å². The lowest BCUT2D eigenvalue weighted by molar-refractivity contribution is 0.601. The fourth-order valence-corrected chi connectivity index (χ4v) is 4.02. The largest absolute Gasteiger partial charge is 0.399 e. The van der Waals surface area contributed by atoms with Gasteiger partial charge in [0.05, 0.1) is 11.2 Å². The minimum atomic E-state index is -3.82. The zero-order valence-electron chi connectivity index (χ0n) is 8.59. The Morgan fingerprint density at radius 2 is 2.17 bits per heavy atom. The predicted molar refractivity (Wildman–Crippen MR) is 74.3 cm³/mol. The van der Waals surface area contributed by atoms with Gasteiger partial charge in [-0.05, 0) is 28.1 Å². The Labute approximate surface area is 120 Å². The van der Waals surface area contributed by atoms with Crippen LogP contribution in [0.5, 0.6) is 0 Å². The summed E-state index contributed by atoms with van der Waals surface area (Å²) < 4.78 is 30.5. The molecule has 2 rings (SSSR count). The molecule has 2 aromatic rings. The van der Waals surface area contributed by atoms with Crippen LogP contribution in [0.25, 0.3) is 0 Å². The van der Waals surface area contributed by atoms with Gasteiger partial charge in [0.2, 0.25) is 0 Å². The number of nitrogens with one attached hydrogen (secondary N) is 1. The summed E-state index contributed by atoms with van der Waals surface area (Å²) in [4.78, 5) is -0.107. The molecular formula is C8H6BrClN4O2S2. The Bertz CT molecular complexity index is 675. The summed E-state index contributed by atoms with van der Waals surface area (Å²) in [6.07, 6.45) is 1.30. The molecule has 0 fully saturated rings. The summed E-state index contributed by atoms with van der Waals surface area (Å²) in [5, 5.41) is 3.89. The smallest absolute Gasteiger partial charge is 0.264 e. The summed E-state index contributed by atoms with van der Waals surface area (Å²) in [5.41, 5.74) is 5.88. The monoisotopic (exact) mass is 368 g/mol. The fourth-order valence-electron chi connectivity index (χ4n) is 1.18. The van der Waals surface area contributed by atoms with E-state index in [-0.39, 0.29) is 15.6 Å². The second-order valence-corrected chi connectivity index (χ2v) is 6.87. The van der Waals surface area contributed by atoms with Gasteiger partial charge in [-0.2, -0.15) is 0 Å². The van der Waals surface area contributed by atoms with Crippen molar-refractivity contribution in [1.29, 1.82) is 0 Å². The van der Waals surface area contributed by atoms with Crippen molar-refractivity contribution >= 4 is 59.8 Å². The molecule has 1 aromatic carbocycles. The molecule has 1 aromatic heterocycles. The fraction of sp³-hybridized carbons (Fsp3) is 0. The number of rotatable bonds is 3. The molecule has 0 atom stereocenters. The summed E-state index contributed by atoms with van der Waals surface area (Å²) in [5.74, 6) is 0. The van der Waals surface area contributed by atoms with Crippen LogP contribution in [-0.4, -0.2) is 18.0 Å². The van der Waals surface area contributed by atoms with Crippen molar-refractivity contribution in [1.82, 2.24) is 9.59 Å². The lowest BCUT2D eigenvalue weighted by atomic mass is 10.3. The van der Waals surface area contributed by atoms with Crippen LogP contribution in [0.2, 0.25) is 5.02 Å². The highest BCUT2D eigenvalue weighted by Crippen LogP contribution is 2.33. The highest BCUT2D eigenvalue weighted by atomic mass is 79.9. The van der Waals surface area contributed by atoms with E-state index in [1.54, 1.807) is 0 Å². The minimum absolute atomic E-state index is 0.0641. The number of hydrogen-bond acceptors (Lipinski definition) is 6. The zero-order valence-corrected chi connectivity index (χ0v) is 12.6. The van der Waals surface area contributed by atoms with Crippen LogP contribution in [0, 0.1) is 0 Å². The first-order chi connectivity index (χ1) is 8.40. The Balaban J connectivity index is 2.48. The topological polar surface area (TPSA) is 98.0 Å². The number of hydrogen-bond donors (Lipinski definition) is 2. The number of nitrogen functional groups attached to an aromatic ring is 1. The van der Waals surface area contributed by atoms with E-state index in [1.165, 1.54) is 18.3 Å². The zero-order chi connectivity index (χ0) is 13.3. The highest BCUT2D eigenvalue weighted by Gasteiger charge is 2.21. The van der Waals surface area contributed by atoms with Gasteiger partial charge in [0, 0.05) is 21.7 Å². The normalized spacial score (nSPS) is 11.4. The van der Waals surface area contributed by atoms with Gasteiger partial charge in [-0.3, -0.25) is 4.72 Å². The summed E-state index contributed by atoms with van der Waals surface area (Å²) >= 11 is 10.0. The van der Waals surface area contributed by atoms with Gasteiger partial charge in [-0.15, -0.1) is 5.10 Å². The average Bonchev–Trinajstić information content (AvgIpc) is 2.75. The Hall–Kier alpha value is -0.900.